The van der Waals surface area contributed by atoms with Crippen LogP contribution in [-0.4, -0.2) is 15.5 Å². The molecule has 0 aliphatic heterocycles. The van der Waals surface area contributed by atoms with Gasteiger partial charge in [0.25, 0.3) is 10.0 Å². The third-order valence-electron chi connectivity index (χ3n) is 2.89. The number of rotatable bonds is 5. The Morgan fingerprint density at radius 3 is 2.70 bits per heavy atom. The van der Waals surface area contributed by atoms with Crippen LogP contribution in [-0.2, 0) is 16.6 Å². The summed E-state index contributed by atoms with van der Waals surface area (Å²) < 4.78 is 31.6. The van der Waals surface area contributed by atoms with Crippen molar-refractivity contribution in [1.29, 1.82) is 0 Å². The van der Waals surface area contributed by atoms with E-state index < -0.39 is 10.0 Å². The molecule has 0 amide bonds. The SMILES string of the molecule is CNS(=O)(=O)c1ccc(CNc2cccc(Br)c2C)o1. The van der Waals surface area contributed by atoms with Gasteiger partial charge in [-0.15, -0.1) is 0 Å². The van der Waals surface area contributed by atoms with Crippen molar-refractivity contribution in [3.8, 4) is 0 Å². The van der Waals surface area contributed by atoms with Crippen LogP contribution in [0, 0.1) is 6.92 Å². The van der Waals surface area contributed by atoms with Crippen molar-refractivity contribution in [2.75, 3.05) is 12.4 Å². The van der Waals surface area contributed by atoms with E-state index in [1.54, 1.807) is 6.07 Å². The molecular weight excluding hydrogens is 344 g/mol. The first-order valence-corrected chi connectivity index (χ1v) is 8.23. The molecule has 2 aromatic rings. The van der Waals surface area contributed by atoms with Crippen molar-refractivity contribution < 1.29 is 12.8 Å². The first kappa shape index (κ1) is 15.1. The van der Waals surface area contributed by atoms with Gasteiger partial charge in [0, 0.05) is 10.2 Å². The zero-order chi connectivity index (χ0) is 14.8. The lowest BCUT2D eigenvalue weighted by Crippen LogP contribution is -2.17. The number of anilines is 1. The van der Waals surface area contributed by atoms with Crippen LogP contribution in [0.25, 0.3) is 0 Å². The highest BCUT2D eigenvalue weighted by molar-refractivity contribution is 9.10. The van der Waals surface area contributed by atoms with Crippen molar-refractivity contribution in [3.05, 3.63) is 46.1 Å². The molecule has 0 aliphatic carbocycles. The summed E-state index contributed by atoms with van der Waals surface area (Å²) in [6, 6.07) is 8.93. The Morgan fingerprint density at radius 1 is 1.25 bits per heavy atom. The maximum Gasteiger partial charge on any atom is 0.273 e. The van der Waals surface area contributed by atoms with Crippen LogP contribution in [0.5, 0.6) is 0 Å². The molecule has 0 unspecified atom stereocenters. The largest absolute Gasteiger partial charge is 0.446 e. The minimum atomic E-state index is -3.53. The van der Waals surface area contributed by atoms with Gasteiger partial charge >= 0.3 is 0 Å². The Bertz CT molecular complexity index is 710. The topological polar surface area (TPSA) is 71.3 Å². The summed E-state index contributed by atoms with van der Waals surface area (Å²) in [6.45, 7) is 2.40. The van der Waals surface area contributed by atoms with Gasteiger partial charge in [0.05, 0.1) is 6.54 Å². The van der Waals surface area contributed by atoms with E-state index in [2.05, 4.69) is 26.0 Å². The molecule has 0 saturated carbocycles. The smallest absolute Gasteiger partial charge is 0.273 e. The summed E-state index contributed by atoms with van der Waals surface area (Å²) in [5, 5.41) is 3.13. The number of sulfonamides is 1. The fraction of sp³-hybridized carbons (Fsp3) is 0.231. The Kier molecular flexibility index (Phi) is 4.52. The second kappa shape index (κ2) is 5.99. The van der Waals surface area contributed by atoms with Crippen LogP contribution < -0.4 is 10.0 Å². The molecule has 20 heavy (non-hydrogen) atoms. The first-order valence-electron chi connectivity index (χ1n) is 5.95. The van der Waals surface area contributed by atoms with Gasteiger partial charge < -0.3 is 9.73 Å². The Morgan fingerprint density at radius 2 is 2.00 bits per heavy atom. The zero-order valence-electron chi connectivity index (χ0n) is 11.1. The first-order chi connectivity index (χ1) is 9.44. The summed E-state index contributed by atoms with van der Waals surface area (Å²) in [4.78, 5) is 0. The summed E-state index contributed by atoms with van der Waals surface area (Å²) in [6.07, 6.45) is 0. The number of hydrogen-bond donors (Lipinski definition) is 2. The van der Waals surface area contributed by atoms with E-state index in [1.165, 1.54) is 13.1 Å². The fourth-order valence-electron chi connectivity index (χ4n) is 1.68. The molecule has 0 saturated heterocycles. The van der Waals surface area contributed by atoms with Crippen molar-refractivity contribution in [1.82, 2.24) is 4.72 Å². The lowest BCUT2D eigenvalue weighted by atomic mass is 10.2. The van der Waals surface area contributed by atoms with E-state index in [9.17, 15) is 8.42 Å². The van der Waals surface area contributed by atoms with Gasteiger partial charge in [-0.1, -0.05) is 22.0 Å². The van der Waals surface area contributed by atoms with E-state index in [0.717, 1.165) is 15.7 Å². The van der Waals surface area contributed by atoms with Crippen molar-refractivity contribution >= 4 is 31.6 Å². The highest BCUT2D eigenvalue weighted by Crippen LogP contribution is 2.24. The standard InChI is InChI=1S/C13H15BrN2O3S/c1-9-11(14)4-3-5-12(9)16-8-10-6-7-13(19-10)20(17,18)15-2/h3-7,15-16H,8H2,1-2H3. The molecule has 0 aliphatic rings. The molecule has 0 radical (unpaired) electrons. The van der Waals surface area contributed by atoms with Gasteiger partial charge in [0.1, 0.15) is 5.76 Å². The molecule has 0 spiro atoms. The molecule has 2 rings (SSSR count). The van der Waals surface area contributed by atoms with Gasteiger partial charge in [0.2, 0.25) is 5.09 Å². The van der Waals surface area contributed by atoms with E-state index in [1.807, 2.05) is 25.1 Å². The molecule has 0 fully saturated rings. The van der Waals surface area contributed by atoms with Gasteiger partial charge in [0.15, 0.2) is 0 Å². The lowest BCUT2D eigenvalue weighted by Gasteiger charge is -2.09. The second-order valence-corrected chi connectivity index (χ2v) is 6.87. The van der Waals surface area contributed by atoms with E-state index in [4.69, 9.17) is 4.42 Å². The summed E-state index contributed by atoms with van der Waals surface area (Å²) >= 11 is 3.46. The third kappa shape index (κ3) is 3.23. The van der Waals surface area contributed by atoms with Crippen LogP contribution in [0.15, 0.2) is 44.3 Å². The molecule has 5 nitrogen and oxygen atoms in total. The maximum absolute atomic E-state index is 11.6. The van der Waals surface area contributed by atoms with Gasteiger partial charge in [-0.2, -0.15) is 0 Å². The van der Waals surface area contributed by atoms with Crippen LogP contribution in [0.2, 0.25) is 0 Å². The lowest BCUT2D eigenvalue weighted by molar-refractivity contribution is 0.417. The van der Waals surface area contributed by atoms with Crippen LogP contribution in [0.3, 0.4) is 0 Å². The fourth-order valence-corrected chi connectivity index (χ4v) is 2.71. The molecule has 7 heteroatoms. The zero-order valence-corrected chi connectivity index (χ0v) is 13.5. The minimum Gasteiger partial charge on any atom is -0.446 e. The molecule has 2 N–H and O–H groups in total. The second-order valence-electron chi connectivity index (χ2n) is 4.19. The van der Waals surface area contributed by atoms with Crippen LogP contribution in [0.4, 0.5) is 5.69 Å². The normalized spacial score (nSPS) is 11.6. The van der Waals surface area contributed by atoms with E-state index >= 15 is 0 Å². The molecule has 0 atom stereocenters. The quantitative estimate of drug-likeness (QED) is 0.861. The van der Waals surface area contributed by atoms with Gasteiger partial charge in [-0.25, -0.2) is 13.1 Å². The number of hydrogen-bond acceptors (Lipinski definition) is 4. The summed E-state index contributed by atoms with van der Waals surface area (Å²) in [7, 11) is -2.18. The molecule has 1 aromatic carbocycles. The van der Waals surface area contributed by atoms with Crippen molar-refractivity contribution in [2.45, 2.75) is 18.6 Å². The molecule has 1 aromatic heterocycles. The third-order valence-corrected chi connectivity index (χ3v) is 5.04. The van der Waals surface area contributed by atoms with E-state index in [-0.39, 0.29) is 5.09 Å². The maximum atomic E-state index is 11.6. The minimum absolute atomic E-state index is 0.0808. The summed E-state index contributed by atoms with van der Waals surface area (Å²) in [5.74, 6) is 0.554. The molecular formula is C13H15BrN2O3S. The van der Waals surface area contributed by atoms with Crippen LogP contribution in [0.1, 0.15) is 11.3 Å². The van der Waals surface area contributed by atoms with Gasteiger partial charge in [-0.3, -0.25) is 0 Å². The Labute approximate surface area is 126 Å². The van der Waals surface area contributed by atoms with Crippen molar-refractivity contribution in [2.24, 2.45) is 0 Å². The van der Waals surface area contributed by atoms with Crippen molar-refractivity contribution in [3.63, 3.8) is 0 Å². The molecule has 108 valence electrons. The van der Waals surface area contributed by atoms with Crippen LogP contribution >= 0.6 is 15.9 Å². The number of halogens is 1. The monoisotopic (exact) mass is 358 g/mol. The average molecular weight is 359 g/mol. The molecule has 1 heterocycles. The predicted octanol–water partition coefficient (Wildman–Crippen LogP) is 2.87. The van der Waals surface area contributed by atoms with E-state index in [0.29, 0.717) is 12.3 Å². The summed E-state index contributed by atoms with van der Waals surface area (Å²) in [5.41, 5.74) is 2.05. The Balaban J connectivity index is 2.11. The number of furan rings is 1. The number of nitrogens with one attached hydrogen (secondary N) is 2. The Hall–Kier alpha value is -1.31. The number of benzene rings is 1. The highest BCUT2D eigenvalue weighted by atomic mass is 79.9. The average Bonchev–Trinajstić information content (AvgIpc) is 2.90. The van der Waals surface area contributed by atoms with Gasteiger partial charge in [-0.05, 0) is 43.8 Å². The molecule has 0 bridgehead atoms. The predicted molar refractivity (Wildman–Crippen MR) is 81.2 cm³/mol. The highest BCUT2D eigenvalue weighted by Gasteiger charge is 2.16.